The van der Waals surface area contributed by atoms with Crippen molar-refractivity contribution < 1.29 is 19.5 Å². The number of nitrogens with zero attached hydrogens (tertiary/aromatic N) is 1. The van der Waals surface area contributed by atoms with Crippen molar-refractivity contribution in [3.05, 3.63) is 82.8 Å². The Bertz CT molecular complexity index is 953. The predicted octanol–water partition coefficient (Wildman–Crippen LogP) is 3.34. The van der Waals surface area contributed by atoms with Crippen LogP contribution in [0.15, 0.2) is 71.7 Å². The van der Waals surface area contributed by atoms with Crippen molar-refractivity contribution in [3.63, 3.8) is 0 Å². The van der Waals surface area contributed by atoms with Gasteiger partial charge in [-0.3, -0.25) is 19.3 Å². The number of rotatable bonds is 7. The summed E-state index contributed by atoms with van der Waals surface area (Å²) in [6.45, 7) is 0.0649. The first-order valence-corrected chi connectivity index (χ1v) is 9.86. The Kier molecular flexibility index (Phi) is 6.86. The van der Waals surface area contributed by atoms with E-state index in [1.807, 2.05) is 36.4 Å². The molecule has 0 aromatic heterocycles. The van der Waals surface area contributed by atoms with E-state index in [0.717, 1.165) is 27.8 Å². The van der Waals surface area contributed by atoms with Gasteiger partial charge < -0.3 is 10.4 Å². The molecule has 29 heavy (non-hydrogen) atoms. The lowest BCUT2D eigenvalue weighted by Gasteiger charge is -2.12. The second-order valence-corrected chi connectivity index (χ2v) is 7.32. The Morgan fingerprint density at radius 1 is 1.07 bits per heavy atom. The quantitative estimate of drug-likeness (QED) is 0.686. The summed E-state index contributed by atoms with van der Waals surface area (Å²) in [6.07, 6.45) is 5.72. The fraction of sp³-hybridized carbons (Fsp3) is 0.136. The van der Waals surface area contributed by atoms with E-state index in [1.54, 1.807) is 36.4 Å². The predicted molar refractivity (Wildman–Crippen MR) is 113 cm³/mol. The molecule has 0 saturated carbocycles. The number of nitrogens with one attached hydrogen (secondary N) is 1. The number of aromatic hydroxyl groups is 1. The summed E-state index contributed by atoms with van der Waals surface area (Å²) in [5, 5.41) is 11.5. The zero-order valence-corrected chi connectivity index (χ0v) is 16.4. The first kappa shape index (κ1) is 20.4. The van der Waals surface area contributed by atoms with Gasteiger partial charge in [0.1, 0.15) is 12.3 Å². The van der Waals surface area contributed by atoms with Crippen molar-refractivity contribution in [1.82, 2.24) is 10.2 Å². The third kappa shape index (κ3) is 5.83. The molecular formula is C22H20N2O4S. The van der Waals surface area contributed by atoms with Crippen molar-refractivity contribution in [1.29, 1.82) is 0 Å². The van der Waals surface area contributed by atoms with Gasteiger partial charge in [-0.05, 0) is 47.5 Å². The highest BCUT2D eigenvalue weighted by Gasteiger charge is 2.35. The number of hydrogen-bond acceptors (Lipinski definition) is 5. The van der Waals surface area contributed by atoms with Crippen molar-refractivity contribution in [2.45, 2.75) is 6.42 Å². The summed E-state index contributed by atoms with van der Waals surface area (Å²) in [6, 6.07) is 16.3. The number of carbonyl (C=O) groups is 3. The molecule has 0 atom stereocenters. The summed E-state index contributed by atoms with van der Waals surface area (Å²) < 4.78 is 0. The lowest BCUT2D eigenvalue weighted by atomic mass is 10.1. The molecule has 3 amide bonds. The lowest BCUT2D eigenvalue weighted by molar-refractivity contribution is -0.129. The highest BCUT2D eigenvalue weighted by Crippen LogP contribution is 2.30. The van der Waals surface area contributed by atoms with E-state index in [4.69, 9.17) is 0 Å². The largest absolute Gasteiger partial charge is 0.508 e. The number of thioether (sulfide) groups is 1. The second-order valence-electron chi connectivity index (χ2n) is 6.33. The van der Waals surface area contributed by atoms with Gasteiger partial charge in [-0.25, -0.2) is 0 Å². The molecule has 1 heterocycles. The first-order valence-electron chi connectivity index (χ1n) is 9.04. The Labute approximate surface area is 172 Å². The monoisotopic (exact) mass is 408 g/mol. The van der Waals surface area contributed by atoms with Gasteiger partial charge in [0.25, 0.3) is 11.1 Å². The molecule has 0 bridgehead atoms. The molecule has 7 heteroatoms. The summed E-state index contributed by atoms with van der Waals surface area (Å²) in [5.74, 6) is -0.678. The standard InChI is InChI=1S/C22H20N2O4S/c25-18-11-9-17(10-12-18)13-14-23-20(26)15-24-21(27)19(29-22(24)28)8-4-7-16-5-2-1-3-6-16/h1-12,25H,13-15H2,(H,23,26)/b7-4+,19-8-. The van der Waals surface area contributed by atoms with E-state index in [2.05, 4.69) is 5.32 Å². The summed E-state index contributed by atoms with van der Waals surface area (Å²) >= 11 is 0.825. The molecule has 0 radical (unpaired) electrons. The maximum Gasteiger partial charge on any atom is 0.294 e. The molecule has 148 valence electrons. The topological polar surface area (TPSA) is 86.7 Å². The van der Waals surface area contributed by atoms with E-state index in [1.165, 1.54) is 0 Å². The van der Waals surface area contributed by atoms with Crippen LogP contribution in [0.2, 0.25) is 0 Å². The highest BCUT2D eigenvalue weighted by molar-refractivity contribution is 8.18. The molecular weight excluding hydrogens is 388 g/mol. The smallest absolute Gasteiger partial charge is 0.294 e. The van der Waals surface area contributed by atoms with E-state index >= 15 is 0 Å². The van der Waals surface area contributed by atoms with Crippen LogP contribution in [0.5, 0.6) is 5.75 Å². The van der Waals surface area contributed by atoms with Crippen molar-refractivity contribution >= 4 is 34.9 Å². The maximum absolute atomic E-state index is 12.4. The number of hydrogen-bond donors (Lipinski definition) is 2. The van der Waals surface area contributed by atoms with Gasteiger partial charge in [-0.2, -0.15) is 0 Å². The van der Waals surface area contributed by atoms with Crippen LogP contribution in [0.3, 0.4) is 0 Å². The molecule has 1 saturated heterocycles. The number of phenolic OH excluding ortho intramolecular Hbond substituents is 1. The van der Waals surface area contributed by atoms with E-state index in [0.29, 0.717) is 17.9 Å². The molecule has 1 aliphatic heterocycles. The van der Waals surface area contributed by atoms with Crippen molar-refractivity contribution in [2.75, 3.05) is 13.1 Å². The highest BCUT2D eigenvalue weighted by atomic mass is 32.2. The van der Waals surface area contributed by atoms with Crippen molar-refractivity contribution in [3.8, 4) is 5.75 Å². The van der Waals surface area contributed by atoms with Gasteiger partial charge in [0.15, 0.2) is 0 Å². The number of carbonyl (C=O) groups excluding carboxylic acids is 3. The van der Waals surface area contributed by atoms with Crippen LogP contribution >= 0.6 is 11.8 Å². The van der Waals surface area contributed by atoms with Crippen LogP contribution in [0.4, 0.5) is 4.79 Å². The van der Waals surface area contributed by atoms with Gasteiger partial charge >= 0.3 is 0 Å². The average molecular weight is 408 g/mol. The fourth-order valence-corrected chi connectivity index (χ4v) is 3.46. The van der Waals surface area contributed by atoms with Gasteiger partial charge in [-0.15, -0.1) is 0 Å². The average Bonchev–Trinajstić information content (AvgIpc) is 2.98. The van der Waals surface area contributed by atoms with E-state index in [-0.39, 0.29) is 12.3 Å². The minimum absolute atomic E-state index is 0.184. The molecule has 3 rings (SSSR count). The van der Waals surface area contributed by atoms with Crippen LogP contribution < -0.4 is 5.32 Å². The van der Waals surface area contributed by atoms with Crippen LogP contribution in [0, 0.1) is 0 Å². The van der Waals surface area contributed by atoms with Gasteiger partial charge in [0.05, 0.1) is 4.91 Å². The zero-order chi connectivity index (χ0) is 20.6. The van der Waals surface area contributed by atoms with Crippen LogP contribution in [0.1, 0.15) is 11.1 Å². The summed E-state index contributed by atoms with van der Waals surface area (Å²) in [7, 11) is 0. The zero-order valence-electron chi connectivity index (χ0n) is 15.6. The minimum atomic E-state index is -0.466. The molecule has 2 aromatic carbocycles. The molecule has 0 unspecified atom stereocenters. The Hall–Kier alpha value is -3.32. The third-order valence-electron chi connectivity index (χ3n) is 4.18. The first-order chi connectivity index (χ1) is 14.0. The van der Waals surface area contributed by atoms with E-state index < -0.39 is 17.1 Å². The third-order valence-corrected chi connectivity index (χ3v) is 5.11. The van der Waals surface area contributed by atoms with Gasteiger partial charge in [0, 0.05) is 6.54 Å². The van der Waals surface area contributed by atoms with Gasteiger partial charge in [-0.1, -0.05) is 54.6 Å². The van der Waals surface area contributed by atoms with Gasteiger partial charge in [0.2, 0.25) is 5.91 Å². The Morgan fingerprint density at radius 2 is 1.79 bits per heavy atom. The molecule has 6 nitrogen and oxygen atoms in total. The summed E-state index contributed by atoms with van der Waals surface area (Å²) in [4.78, 5) is 37.8. The Morgan fingerprint density at radius 3 is 2.52 bits per heavy atom. The van der Waals surface area contributed by atoms with Crippen LogP contribution in [-0.4, -0.2) is 40.1 Å². The molecule has 0 spiro atoms. The normalized spacial score (nSPS) is 15.4. The SMILES string of the molecule is O=C(CN1C(=O)S/C(=C\C=C\c2ccccc2)C1=O)NCCc1ccc(O)cc1. The minimum Gasteiger partial charge on any atom is -0.508 e. The molecule has 2 aromatic rings. The van der Waals surface area contributed by atoms with Crippen molar-refractivity contribution in [2.24, 2.45) is 0 Å². The number of amides is 3. The number of benzene rings is 2. The molecule has 1 aliphatic rings. The summed E-state index contributed by atoms with van der Waals surface area (Å²) in [5.41, 5.74) is 1.94. The fourth-order valence-electron chi connectivity index (χ4n) is 2.67. The second kappa shape index (κ2) is 9.75. The van der Waals surface area contributed by atoms with Crippen LogP contribution in [0.25, 0.3) is 6.08 Å². The number of allylic oxidation sites excluding steroid dienone is 2. The Balaban J connectivity index is 1.50. The van der Waals surface area contributed by atoms with E-state index in [9.17, 15) is 19.5 Å². The lowest BCUT2D eigenvalue weighted by Crippen LogP contribution is -2.40. The molecule has 2 N–H and O–H groups in total. The number of imide groups is 1. The van der Waals surface area contributed by atoms with Crippen LogP contribution in [-0.2, 0) is 16.0 Å². The number of phenols is 1. The molecule has 1 fully saturated rings. The maximum atomic E-state index is 12.4. The molecule has 0 aliphatic carbocycles.